The third-order valence-corrected chi connectivity index (χ3v) is 3.82. The third kappa shape index (κ3) is 5.50. The summed E-state index contributed by atoms with van der Waals surface area (Å²) in [5.41, 5.74) is 5.38. The van der Waals surface area contributed by atoms with Crippen molar-refractivity contribution in [1.82, 2.24) is 10.9 Å². The standard InChI is InChI=1S/C19H21ClN2O3/c1-13(2)11-12-25-17-10-6-4-8-15(17)19(24)22-21-18(23)14-7-3-5-9-16(14)20/h3-10,13H,11-12H2,1-2H3,(H,21,23)(H,22,24). The average molecular weight is 361 g/mol. The molecule has 2 rings (SSSR count). The summed E-state index contributed by atoms with van der Waals surface area (Å²) in [4.78, 5) is 24.4. The average Bonchev–Trinajstić information content (AvgIpc) is 2.60. The van der Waals surface area contributed by atoms with E-state index in [0.717, 1.165) is 6.42 Å². The van der Waals surface area contributed by atoms with Gasteiger partial charge in [-0.2, -0.15) is 0 Å². The van der Waals surface area contributed by atoms with Crippen molar-refractivity contribution in [3.05, 3.63) is 64.7 Å². The second-order valence-electron chi connectivity index (χ2n) is 5.92. The van der Waals surface area contributed by atoms with Crippen molar-refractivity contribution in [2.75, 3.05) is 6.61 Å². The number of carbonyl (C=O) groups is 2. The van der Waals surface area contributed by atoms with Crippen molar-refractivity contribution < 1.29 is 14.3 Å². The first-order valence-electron chi connectivity index (χ1n) is 8.06. The number of amides is 2. The molecule has 132 valence electrons. The second-order valence-corrected chi connectivity index (χ2v) is 6.32. The molecule has 2 N–H and O–H groups in total. The number of ether oxygens (including phenoxy) is 1. The lowest BCUT2D eigenvalue weighted by Gasteiger charge is -2.13. The fourth-order valence-corrected chi connectivity index (χ4v) is 2.30. The minimum absolute atomic E-state index is 0.283. The van der Waals surface area contributed by atoms with Gasteiger partial charge < -0.3 is 4.74 Å². The molecule has 0 aliphatic rings. The maximum Gasteiger partial charge on any atom is 0.273 e. The number of halogens is 1. The monoisotopic (exact) mass is 360 g/mol. The Morgan fingerprint density at radius 3 is 2.16 bits per heavy atom. The quantitative estimate of drug-likeness (QED) is 0.769. The molecule has 2 aromatic carbocycles. The number of benzene rings is 2. The summed E-state index contributed by atoms with van der Waals surface area (Å²) in [5.74, 6) is 0.0428. The highest BCUT2D eigenvalue weighted by Gasteiger charge is 2.15. The first-order chi connectivity index (χ1) is 12.0. The number of hydrazine groups is 1. The lowest BCUT2D eigenvalue weighted by atomic mass is 10.1. The number of nitrogens with one attached hydrogen (secondary N) is 2. The SMILES string of the molecule is CC(C)CCOc1ccccc1C(=O)NNC(=O)c1ccccc1Cl. The van der Waals surface area contributed by atoms with Gasteiger partial charge in [0.25, 0.3) is 11.8 Å². The molecule has 0 radical (unpaired) electrons. The van der Waals surface area contributed by atoms with Crippen LogP contribution in [0.15, 0.2) is 48.5 Å². The van der Waals surface area contributed by atoms with Crippen LogP contribution in [0.2, 0.25) is 5.02 Å². The molecule has 0 bridgehead atoms. The molecule has 0 aromatic heterocycles. The van der Waals surface area contributed by atoms with Gasteiger partial charge in [0.2, 0.25) is 0 Å². The van der Waals surface area contributed by atoms with E-state index in [1.54, 1.807) is 48.5 Å². The predicted molar refractivity (Wildman–Crippen MR) is 97.8 cm³/mol. The van der Waals surface area contributed by atoms with Gasteiger partial charge in [-0.05, 0) is 36.6 Å². The fraction of sp³-hybridized carbons (Fsp3) is 0.263. The first kappa shape index (κ1) is 18.8. The van der Waals surface area contributed by atoms with Crippen LogP contribution in [0.1, 0.15) is 41.0 Å². The topological polar surface area (TPSA) is 67.4 Å². The summed E-state index contributed by atoms with van der Waals surface area (Å²) in [5, 5.41) is 0.312. The lowest BCUT2D eigenvalue weighted by molar-refractivity contribution is 0.0844. The van der Waals surface area contributed by atoms with E-state index in [1.807, 2.05) is 0 Å². The molecule has 0 aliphatic heterocycles. The largest absolute Gasteiger partial charge is 0.493 e. The zero-order chi connectivity index (χ0) is 18.2. The van der Waals surface area contributed by atoms with E-state index in [1.165, 1.54) is 0 Å². The maximum absolute atomic E-state index is 12.3. The molecule has 0 heterocycles. The smallest absolute Gasteiger partial charge is 0.273 e. The fourth-order valence-electron chi connectivity index (χ4n) is 2.08. The zero-order valence-corrected chi connectivity index (χ0v) is 15.0. The zero-order valence-electron chi connectivity index (χ0n) is 14.2. The molecule has 0 saturated heterocycles. The Labute approximate surface area is 152 Å². The van der Waals surface area contributed by atoms with Crippen LogP contribution in [-0.2, 0) is 0 Å². The van der Waals surface area contributed by atoms with Crippen LogP contribution < -0.4 is 15.6 Å². The summed E-state index contributed by atoms with van der Waals surface area (Å²) >= 11 is 5.97. The summed E-state index contributed by atoms with van der Waals surface area (Å²) in [6.07, 6.45) is 0.888. The van der Waals surface area contributed by atoms with Gasteiger partial charge in [-0.1, -0.05) is 49.7 Å². The molecule has 0 saturated carbocycles. The van der Waals surface area contributed by atoms with Gasteiger partial charge in [-0.3, -0.25) is 20.4 Å². The number of para-hydroxylation sites is 1. The molecule has 0 aliphatic carbocycles. The molecule has 0 fully saturated rings. The van der Waals surface area contributed by atoms with E-state index >= 15 is 0 Å². The molecule has 2 amide bonds. The highest BCUT2D eigenvalue weighted by Crippen LogP contribution is 2.19. The van der Waals surface area contributed by atoms with E-state index in [0.29, 0.717) is 28.9 Å². The van der Waals surface area contributed by atoms with Crippen molar-refractivity contribution in [2.24, 2.45) is 5.92 Å². The van der Waals surface area contributed by atoms with Gasteiger partial charge >= 0.3 is 0 Å². The Morgan fingerprint density at radius 2 is 1.52 bits per heavy atom. The molecule has 0 atom stereocenters. The van der Waals surface area contributed by atoms with E-state index < -0.39 is 11.8 Å². The molecule has 0 unspecified atom stereocenters. The Morgan fingerprint density at radius 1 is 0.960 bits per heavy atom. The molecule has 6 heteroatoms. The first-order valence-corrected chi connectivity index (χ1v) is 8.44. The normalized spacial score (nSPS) is 10.4. The summed E-state index contributed by atoms with van der Waals surface area (Å²) in [6.45, 7) is 4.73. The van der Waals surface area contributed by atoms with Gasteiger partial charge in [0.15, 0.2) is 0 Å². The number of hydrogen-bond acceptors (Lipinski definition) is 3. The predicted octanol–water partition coefficient (Wildman–Crippen LogP) is 3.84. The Hall–Kier alpha value is -2.53. The van der Waals surface area contributed by atoms with E-state index in [-0.39, 0.29) is 5.56 Å². The summed E-state index contributed by atoms with van der Waals surface area (Å²) in [6, 6.07) is 13.5. The molecule has 5 nitrogen and oxygen atoms in total. The number of rotatable bonds is 6. The number of carbonyl (C=O) groups excluding carboxylic acids is 2. The van der Waals surface area contributed by atoms with Crippen molar-refractivity contribution in [3.63, 3.8) is 0 Å². The Balaban J connectivity index is 1.99. The molecular weight excluding hydrogens is 340 g/mol. The second kappa shape index (κ2) is 9.08. The van der Waals surface area contributed by atoms with E-state index in [9.17, 15) is 9.59 Å². The molecule has 25 heavy (non-hydrogen) atoms. The van der Waals surface area contributed by atoms with Gasteiger partial charge in [0.1, 0.15) is 5.75 Å². The van der Waals surface area contributed by atoms with Gasteiger partial charge in [-0.25, -0.2) is 0 Å². The van der Waals surface area contributed by atoms with E-state index in [2.05, 4.69) is 24.7 Å². The Kier molecular flexibility index (Phi) is 6.83. The van der Waals surface area contributed by atoms with Crippen molar-refractivity contribution in [1.29, 1.82) is 0 Å². The highest BCUT2D eigenvalue weighted by molar-refractivity contribution is 6.33. The van der Waals surface area contributed by atoms with Gasteiger partial charge in [0.05, 0.1) is 22.8 Å². The van der Waals surface area contributed by atoms with E-state index in [4.69, 9.17) is 16.3 Å². The van der Waals surface area contributed by atoms with Crippen LogP contribution in [0.4, 0.5) is 0 Å². The summed E-state index contributed by atoms with van der Waals surface area (Å²) < 4.78 is 5.69. The highest BCUT2D eigenvalue weighted by atomic mass is 35.5. The van der Waals surface area contributed by atoms with Crippen LogP contribution in [0, 0.1) is 5.92 Å². The van der Waals surface area contributed by atoms with Crippen molar-refractivity contribution in [2.45, 2.75) is 20.3 Å². The van der Waals surface area contributed by atoms with Crippen molar-refractivity contribution >= 4 is 23.4 Å². The minimum Gasteiger partial charge on any atom is -0.493 e. The van der Waals surface area contributed by atoms with Crippen molar-refractivity contribution in [3.8, 4) is 5.75 Å². The summed E-state index contributed by atoms with van der Waals surface area (Å²) in [7, 11) is 0. The van der Waals surface area contributed by atoms with Crippen LogP contribution in [0.3, 0.4) is 0 Å². The van der Waals surface area contributed by atoms with Crippen LogP contribution in [-0.4, -0.2) is 18.4 Å². The molecule has 0 spiro atoms. The lowest BCUT2D eigenvalue weighted by Crippen LogP contribution is -2.41. The third-order valence-electron chi connectivity index (χ3n) is 3.49. The molecule has 2 aromatic rings. The van der Waals surface area contributed by atoms with Gasteiger partial charge in [-0.15, -0.1) is 0 Å². The van der Waals surface area contributed by atoms with Gasteiger partial charge in [0, 0.05) is 0 Å². The van der Waals surface area contributed by atoms with Crippen LogP contribution >= 0.6 is 11.6 Å². The minimum atomic E-state index is -0.489. The van der Waals surface area contributed by atoms with Crippen LogP contribution in [0.25, 0.3) is 0 Å². The van der Waals surface area contributed by atoms with Crippen LogP contribution in [0.5, 0.6) is 5.75 Å². The maximum atomic E-state index is 12.3. The molecular formula is C19H21ClN2O3. The number of hydrogen-bond donors (Lipinski definition) is 2. The Bertz CT molecular complexity index is 747.